The van der Waals surface area contributed by atoms with Crippen LogP contribution in [0, 0.1) is 0 Å². The van der Waals surface area contributed by atoms with Crippen LogP contribution in [0.4, 0.5) is 0 Å². The van der Waals surface area contributed by atoms with E-state index < -0.39 is 34.8 Å². The van der Waals surface area contributed by atoms with Crippen molar-refractivity contribution in [2.75, 3.05) is 11.5 Å². The first-order valence-electron chi connectivity index (χ1n) is 13.1. The van der Waals surface area contributed by atoms with Gasteiger partial charge in [0, 0.05) is 24.4 Å². The summed E-state index contributed by atoms with van der Waals surface area (Å²) < 4.78 is 12.4. The molecule has 2 atom stereocenters. The topological polar surface area (TPSA) is 145 Å². The van der Waals surface area contributed by atoms with E-state index in [-0.39, 0.29) is 17.2 Å². The number of hydrogen-bond acceptors (Lipinski definition) is 11. The number of tetrazole rings is 1. The molecule has 2 aliphatic rings. The Balaban J connectivity index is 1.33. The highest BCUT2D eigenvalue weighted by molar-refractivity contribution is 8.00. The number of rotatable bonds is 10. The minimum atomic E-state index is -1.43. The first-order valence-corrected chi connectivity index (χ1v) is 15.2. The number of amides is 2. The second kappa shape index (κ2) is 11.9. The van der Waals surface area contributed by atoms with Gasteiger partial charge in [0.15, 0.2) is 17.5 Å². The fourth-order valence-corrected chi connectivity index (χ4v) is 7.07. The van der Waals surface area contributed by atoms with Gasteiger partial charge < -0.3 is 14.6 Å². The van der Waals surface area contributed by atoms with Crippen LogP contribution in [0.2, 0.25) is 0 Å². The predicted molar refractivity (Wildman–Crippen MR) is 158 cm³/mol. The molecule has 43 heavy (non-hydrogen) atoms. The van der Waals surface area contributed by atoms with E-state index in [0.717, 1.165) is 11.1 Å². The van der Waals surface area contributed by atoms with Crippen LogP contribution in [0.5, 0.6) is 0 Å². The molecule has 1 fully saturated rings. The average Bonchev–Trinajstić information content (AvgIpc) is 3.73. The van der Waals surface area contributed by atoms with E-state index in [2.05, 4.69) is 32.6 Å². The van der Waals surface area contributed by atoms with Crippen molar-refractivity contribution in [1.29, 1.82) is 0 Å². The molecule has 4 heterocycles. The monoisotopic (exact) mass is 615 g/mol. The van der Waals surface area contributed by atoms with E-state index in [9.17, 15) is 14.4 Å². The largest absolute Gasteiger partial charge is 0.448 e. The number of β-lactam (4-membered cyclic amide) rings is 1. The SMILES string of the molecule is C=CC1(NC(=O)CSc2ccon2)C(=O)N2C(C(=O)OC(c3ccccc3)c3ccccc3)=C(c3nnnn3C)CS[C@H]21. The van der Waals surface area contributed by atoms with Crippen molar-refractivity contribution < 1.29 is 23.6 Å². The molecule has 1 N–H and O–H groups in total. The van der Waals surface area contributed by atoms with Gasteiger partial charge in [-0.25, -0.2) is 9.48 Å². The highest BCUT2D eigenvalue weighted by Gasteiger charge is 2.64. The lowest BCUT2D eigenvalue weighted by Crippen LogP contribution is -2.79. The number of aryl methyl sites for hydroxylation is 1. The summed E-state index contributed by atoms with van der Waals surface area (Å²) in [7, 11) is 1.65. The fourth-order valence-electron chi connectivity index (χ4n) is 5.01. The van der Waals surface area contributed by atoms with E-state index in [0.29, 0.717) is 16.4 Å². The van der Waals surface area contributed by atoms with Gasteiger partial charge in [-0.2, -0.15) is 0 Å². The third-order valence-electron chi connectivity index (χ3n) is 7.06. The van der Waals surface area contributed by atoms with Gasteiger partial charge in [-0.05, 0) is 21.6 Å². The molecular weight excluding hydrogens is 590 g/mol. The second-order valence-electron chi connectivity index (χ2n) is 9.65. The van der Waals surface area contributed by atoms with E-state index in [1.807, 2.05) is 60.7 Å². The summed E-state index contributed by atoms with van der Waals surface area (Å²) in [6.07, 6.45) is 2.08. The lowest BCUT2D eigenvalue weighted by molar-refractivity contribution is -0.158. The van der Waals surface area contributed by atoms with Gasteiger partial charge in [0.1, 0.15) is 22.4 Å². The summed E-state index contributed by atoms with van der Waals surface area (Å²) >= 11 is 2.53. The number of thioether (sulfide) groups is 2. The van der Waals surface area contributed by atoms with Gasteiger partial charge in [0.25, 0.3) is 5.91 Å². The van der Waals surface area contributed by atoms with Gasteiger partial charge in [-0.15, -0.1) is 23.4 Å². The number of hydrogen-bond donors (Lipinski definition) is 1. The molecule has 2 aliphatic heterocycles. The molecule has 2 amide bonds. The second-order valence-corrected chi connectivity index (χ2v) is 11.7. The highest BCUT2D eigenvalue weighted by Crippen LogP contribution is 2.49. The maximum Gasteiger partial charge on any atom is 0.356 e. The number of ether oxygens (including phenoxy) is 1. The van der Waals surface area contributed by atoms with Gasteiger partial charge in [0.2, 0.25) is 5.91 Å². The summed E-state index contributed by atoms with van der Waals surface area (Å²) in [5.41, 5.74) is 0.557. The molecule has 0 radical (unpaired) electrons. The molecule has 0 spiro atoms. The van der Waals surface area contributed by atoms with Gasteiger partial charge in [-0.1, -0.05) is 83.7 Å². The molecule has 14 heteroatoms. The molecule has 0 aliphatic carbocycles. The van der Waals surface area contributed by atoms with Gasteiger partial charge >= 0.3 is 5.97 Å². The Hall–Kier alpha value is -4.69. The van der Waals surface area contributed by atoms with Crippen LogP contribution in [-0.2, 0) is 26.2 Å². The molecule has 12 nitrogen and oxygen atoms in total. The zero-order chi connectivity index (χ0) is 30.0. The lowest BCUT2D eigenvalue weighted by atomic mass is 9.86. The van der Waals surface area contributed by atoms with Crippen LogP contribution in [0.3, 0.4) is 0 Å². The minimum absolute atomic E-state index is 0.00319. The summed E-state index contributed by atoms with van der Waals surface area (Å²) in [5.74, 6) is -1.04. The maximum absolute atomic E-state index is 14.2. The summed E-state index contributed by atoms with van der Waals surface area (Å²) in [5, 5.41) is 18.3. The molecule has 218 valence electrons. The third-order valence-corrected chi connectivity index (χ3v) is 9.32. The molecule has 1 unspecified atom stereocenters. The van der Waals surface area contributed by atoms with Crippen molar-refractivity contribution in [3.63, 3.8) is 0 Å². The Morgan fingerprint density at radius 3 is 2.47 bits per heavy atom. The predicted octanol–water partition coefficient (Wildman–Crippen LogP) is 2.99. The first kappa shape index (κ1) is 28.4. The van der Waals surface area contributed by atoms with Crippen LogP contribution in [0.15, 0.2) is 101 Å². The average molecular weight is 616 g/mol. The highest BCUT2D eigenvalue weighted by atomic mass is 32.2. The van der Waals surface area contributed by atoms with Crippen molar-refractivity contribution in [3.05, 3.63) is 108 Å². The van der Waals surface area contributed by atoms with Crippen LogP contribution in [-0.4, -0.2) is 70.5 Å². The molecule has 6 rings (SSSR count). The number of nitrogens with one attached hydrogen (secondary N) is 1. The first-order chi connectivity index (χ1) is 20.9. The van der Waals surface area contributed by atoms with E-state index in [1.165, 1.54) is 45.4 Å². The number of carbonyl (C=O) groups is 3. The molecule has 1 saturated heterocycles. The van der Waals surface area contributed by atoms with E-state index in [1.54, 1.807) is 13.1 Å². The molecular formula is C29H25N7O5S2. The quantitative estimate of drug-likeness (QED) is 0.122. The number of benzene rings is 2. The van der Waals surface area contributed by atoms with Crippen LogP contribution in [0.25, 0.3) is 5.57 Å². The summed E-state index contributed by atoms with van der Waals surface area (Å²) in [6.45, 7) is 3.86. The lowest BCUT2D eigenvalue weighted by Gasteiger charge is -2.56. The van der Waals surface area contributed by atoms with Crippen molar-refractivity contribution in [2.24, 2.45) is 7.05 Å². The maximum atomic E-state index is 14.2. The smallest absolute Gasteiger partial charge is 0.356 e. The Kier molecular flexibility index (Phi) is 7.86. The molecule has 2 aromatic carbocycles. The number of carbonyl (C=O) groups excluding carboxylic acids is 3. The molecule has 2 aromatic heterocycles. The van der Waals surface area contributed by atoms with Crippen molar-refractivity contribution in [3.8, 4) is 0 Å². The van der Waals surface area contributed by atoms with E-state index in [4.69, 9.17) is 9.26 Å². The number of aromatic nitrogens is 5. The number of nitrogens with zero attached hydrogens (tertiary/aromatic N) is 6. The third kappa shape index (κ3) is 5.23. The molecule has 0 bridgehead atoms. The fraction of sp³-hybridized carbons (Fsp3) is 0.207. The Labute approximate surface area is 254 Å². The zero-order valence-electron chi connectivity index (χ0n) is 22.8. The zero-order valence-corrected chi connectivity index (χ0v) is 24.5. The normalized spacial score (nSPS) is 19.5. The minimum Gasteiger partial charge on any atom is -0.448 e. The Morgan fingerprint density at radius 1 is 1.19 bits per heavy atom. The van der Waals surface area contributed by atoms with Crippen LogP contribution >= 0.6 is 23.5 Å². The molecule has 4 aromatic rings. The van der Waals surface area contributed by atoms with E-state index >= 15 is 0 Å². The van der Waals surface area contributed by atoms with Crippen LogP contribution in [0.1, 0.15) is 23.1 Å². The summed E-state index contributed by atoms with van der Waals surface area (Å²) in [4.78, 5) is 42.4. The van der Waals surface area contributed by atoms with Crippen molar-refractivity contribution in [2.45, 2.75) is 22.0 Å². The van der Waals surface area contributed by atoms with Gasteiger partial charge in [0.05, 0.1) is 5.75 Å². The van der Waals surface area contributed by atoms with Crippen molar-refractivity contribution in [1.82, 2.24) is 35.6 Å². The molecule has 0 saturated carbocycles. The Morgan fingerprint density at radius 2 is 1.88 bits per heavy atom. The number of fused-ring (bicyclic) bond motifs is 1. The van der Waals surface area contributed by atoms with Gasteiger partial charge in [-0.3, -0.25) is 14.5 Å². The van der Waals surface area contributed by atoms with Crippen LogP contribution < -0.4 is 5.32 Å². The van der Waals surface area contributed by atoms with Crippen molar-refractivity contribution >= 4 is 46.9 Å². The number of esters is 1. The summed E-state index contributed by atoms with van der Waals surface area (Å²) in [6, 6.07) is 20.3. The standard InChI is InChI=1S/C29H25N7O5S2/c1-3-29(30-21(37)17-42-22-14-15-40-32-22)27(39)36-23(20(16-43-28(29)36)25-31-33-34-35(25)2)26(38)41-24(18-10-6-4-7-11-18)19-12-8-5-9-13-19/h3-15,24,28H,1,16-17H2,2H3,(H,30,37)/t28-,29?/m0/s1. The Bertz CT molecular complexity index is 1650.